The van der Waals surface area contributed by atoms with Gasteiger partial charge in [-0.15, -0.1) is 0 Å². The van der Waals surface area contributed by atoms with Gasteiger partial charge in [0, 0.05) is 12.6 Å². The van der Waals surface area contributed by atoms with Gasteiger partial charge >= 0.3 is 6.01 Å². The Labute approximate surface area is 94.9 Å². The number of anilines is 2. The van der Waals surface area contributed by atoms with Gasteiger partial charge in [-0.2, -0.15) is 15.0 Å². The molecule has 0 aromatic carbocycles. The van der Waals surface area contributed by atoms with Crippen LogP contribution in [0.4, 0.5) is 11.9 Å². The summed E-state index contributed by atoms with van der Waals surface area (Å²) in [4.78, 5) is 12.6. The fourth-order valence-electron chi connectivity index (χ4n) is 1.26. The Hall–Kier alpha value is -1.59. The first kappa shape index (κ1) is 10.9. The van der Waals surface area contributed by atoms with Crippen LogP contribution in [-0.4, -0.2) is 34.1 Å². The second kappa shape index (κ2) is 4.96. The average Bonchev–Trinajstić information content (AvgIpc) is 3.02. The summed E-state index contributed by atoms with van der Waals surface area (Å²) >= 11 is 0. The van der Waals surface area contributed by atoms with Gasteiger partial charge in [0.2, 0.25) is 11.9 Å². The number of aromatic nitrogens is 3. The lowest BCUT2D eigenvalue weighted by molar-refractivity contribution is 0.312. The number of nitrogens with zero attached hydrogens (tertiary/aromatic N) is 3. The Morgan fingerprint density at radius 2 is 1.94 bits per heavy atom. The molecular weight excluding hydrogens is 206 g/mol. The van der Waals surface area contributed by atoms with Crippen molar-refractivity contribution in [3.05, 3.63) is 0 Å². The van der Waals surface area contributed by atoms with Crippen LogP contribution in [0.2, 0.25) is 0 Å². The van der Waals surface area contributed by atoms with E-state index in [-0.39, 0.29) is 0 Å². The van der Waals surface area contributed by atoms with Crippen molar-refractivity contribution in [2.45, 2.75) is 32.7 Å². The highest BCUT2D eigenvalue weighted by Gasteiger charge is 2.22. The summed E-state index contributed by atoms with van der Waals surface area (Å²) in [6, 6.07) is 0.892. The summed E-state index contributed by atoms with van der Waals surface area (Å²) in [6.45, 7) is 5.24. The van der Waals surface area contributed by atoms with Gasteiger partial charge in [-0.05, 0) is 26.7 Å². The van der Waals surface area contributed by atoms with Crippen molar-refractivity contribution in [1.82, 2.24) is 15.0 Å². The fraction of sp³-hybridized carbons (Fsp3) is 0.700. The van der Waals surface area contributed by atoms with Crippen LogP contribution in [0.25, 0.3) is 0 Å². The zero-order chi connectivity index (χ0) is 11.4. The van der Waals surface area contributed by atoms with E-state index in [1.165, 1.54) is 12.8 Å². The predicted octanol–water partition coefficient (Wildman–Crippen LogP) is 1.28. The van der Waals surface area contributed by atoms with Gasteiger partial charge < -0.3 is 15.4 Å². The van der Waals surface area contributed by atoms with E-state index in [4.69, 9.17) is 4.74 Å². The molecule has 0 atom stereocenters. The van der Waals surface area contributed by atoms with Crippen LogP contribution >= 0.6 is 0 Å². The number of hydrogen-bond donors (Lipinski definition) is 2. The Morgan fingerprint density at radius 1 is 1.19 bits per heavy atom. The van der Waals surface area contributed by atoms with E-state index >= 15 is 0 Å². The number of rotatable bonds is 6. The molecule has 1 aromatic heterocycles. The Morgan fingerprint density at radius 3 is 2.56 bits per heavy atom. The zero-order valence-corrected chi connectivity index (χ0v) is 9.66. The van der Waals surface area contributed by atoms with E-state index in [0.29, 0.717) is 30.6 Å². The lowest BCUT2D eigenvalue weighted by atomic mass is 10.7. The fourth-order valence-corrected chi connectivity index (χ4v) is 1.26. The summed E-state index contributed by atoms with van der Waals surface area (Å²) in [5.74, 6) is 1.15. The molecule has 6 nitrogen and oxygen atoms in total. The molecule has 2 rings (SSSR count). The summed E-state index contributed by atoms with van der Waals surface area (Å²) in [5, 5.41) is 6.29. The lowest BCUT2D eigenvalue weighted by Gasteiger charge is -2.08. The normalized spacial score (nSPS) is 14.6. The quantitative estimate of drug-likeness (QED) is 0.757. The van der Waals surface area contributed by atoms with Crippen LogP contribution < -0.4 is 15.4 Å². The van der Waals surface area contributed by atoms with Gasteiger partial charge in [0.1, 0.15) is 0 Å². The molecule has 2 N–H and O–H groups in total. The average molecular weight is 223 g/mol. The summed E-state index contributed by atoms with van der Waals surface area (Å²) in [5.41, 5.74) is 0. The number of ether oxygens (including phenoxy) is 1. The molecule has 1 aliphatic rings. The van der Waals surface area contributed by atoms with Gasteiger partial charge in [-0.25, -0.2) is 0 Å². The van der Waals surface area contributed by atoms with Crippen molar-refractivity contribution in [2.24, 2.45) is 0 Å². The SMILES string of the molecule is CCNc1nc(NC2CC2)nc(OCC)n1. The van der Waals surface area contributed by atoms with Crippen molar-refractivity contribution in [3.8, 4) is 6.01 Å². The molecule has 1 fully saturated rings. The minimum Gasteiger partial charge on any atom is -0.464 e. The monoisotopic (exact) mass is 223 g/mol. The summed E-state index contributed by atoms with van der Waals surface area (Å²) in [7, 11) is 0. The van der Waals surface area contributed by atoms with Crippen LogP contribution in [0.3, 0.4) is 0 Å². The molecule has 16 heavy (non-hydrogen) atoms. The van der Waals surface area contributed by atoms with Gasteiger partial charge in [-0.1, -0.05) is 0 Å². The van der Waals surface area contributed by atoms with E-state index in [9.17, 15) is 0 Å². The molecule has 1 heterocycles. The third-order valence-corrected chi connectivity index (χ3v) is 2.13. The second-order valence-electron chi connectivity index (χ2n) is 3.65. The molecule has 6 heteroatoms. The highest BCUT2D eigenvalue weighted by atomic mass is 16.5. The minimum atomic E-state index is 0.372. The molecule has 0 bridgehead atoms. The Kier molecular flexibility index (Phi) is 3.38. The van der Waals surface area contributed by atoms with E-state index in [1.54, 1.807) is 0 Å². The second-order valence-corrected chi connectivity index (χ2v) is 3.65. The maximum Gasteiger partial charge on any atom is 0.323 e. The van der Waals surface area contributed by atoms with Gasteiger partial charge in [0.15, 0.2) is 0 Å². The number of nitrogens with one attached hydrogen (secondary N) is 2. The van der Waals surface area contributed by atoms with E-state index in [2.05, 4.69) is 25.6 Å². The highest BCUT2D eigenvalue weighted by molar-refractivity contribution is 5.37. The lowest BCUT2D eigenvalue weighted by Crippen LogP contribution is -2.11. The van der Waals surface area contributed by atoms with Crippen molar-refractivity contribution >= 4 is 11.9 Å². The highest BCUT2D eigenvalue weighted by Crippen LogP contribution is 2.23. The van der Waals surface area contributed by atoms with Crippen LogP contribution in [0.5, 0.6) is 6.01 Å². The van der Waals surface area contributed by atoms with Crippen molar-refractivity contribution in [2.75, 3.05) is 23.8 Å². The largest absolute Gasteiger partial charge is 0.464 e. The van der Waals surface area contributed by atoms with Crippen LogP contribution in [0.1, 0.15) is 26.7 Å². The molecule has 0 unspecified atom stereocenters. The van der Waals surface area contributed by atoms with Crippen molar-refractivity contribution in [3.63, 3.8) is 0 Å². The standard InChI is InChI=1S/C10H17N5O/c1-3-11-8-13-9(12-7-5-6-7)15-10(14-8)16-4-2/h7H,3-6H2,1-2H3,(H2,11,12,13,14,15). The molecule has 0 aliphatic heterocycles. The predicted molar refractivity (Wildman–Crippen MR) is 61.8 cm³/mol. The molecular formula is C10H17N5O. The molecule has 0 radical (unpaired) electrons. The maximum atomic E-state index is 5.29. The molecule has 88 valence electrons. The molecule has 0 amide bonds. The van der Waals surface area contributed by atoms with E-state index in [1.807, 2.05) is 13.8 Å². The third kappa shape index (κ3) is 2.95. The smallest absolute Gasteiger partial charge is 0.323 e. The summed E-state index contributed by atoms with van der Waals surface area (Å²) < 4.78 is 5.29. The Bertz CT molecular complexity index is 329. The molecule has 1 saturated carbocycles. The van der Waals surface area contributed by atoms with Gasteiger partial charge in [0.05, 0.1) is 6.61 Å². The molecule has 1 aliphatic carbocycles. The third-order valence-electron chi connectivity index (χ3n) is 2.13. The zero-order valence-electron chi connectivity index (χ0n) is 9.66. The van der Waals surface area contributed by atoms with Crippen molar-refractivity contribution < 1.29 is 4.74 Å². The van der Waals surface area contributed by atoms with E-state index in [0.717, 1.165) is 6.54 Å². The maximum absolute atomic E-state index is 5.29. The van der Waals surface area contributed by atoms with Crippen LogP contribution in [-0.2, 0) is 0 Å². The van der Waals surface area contributed by atoms with Gasteiger partial charge in [0.25, 0.3) is 0 Å². The topological polar surface area (TPSA) is 72.0 Å². The molecule has 0 spiro atoms. The van der Waals surface area contributed by atoms with Crippen LogP contribution in [0, 0.1) is 0 Å². The number of hydrogen-bond acceptors (Lipinski definition) is 6. The first-order valence-corrected chi connectivity index (χ1v) is 5.71. The first-order chi connectivity index (χ1) is 7.81. The minimum absolute atomic E-state index is 0.372. The molecule has 1 aromatic rings. The Balaban J connectivity index is 2.13. The first-order valence-electron chi connectivity index (χ1n) is 5.71. The molecule has 0 saturated heterocycles. The van der Waals surface area contributed by atoms with E-state index < -0.39 is 0 Å². The van der Waals surface area contributed by atoms with Gasteiger partial charge in [-0.3, -0.25) is 0 Å². The van der Waals surface area contributed by atoms with Crippen LogP contribution in [0.15, 0.2) is 0 Å². The van der Waals surface area contributed by atoms with Crippen molar-refractivity contribution in [1.29, 1.82) is 0 Å². The summed E-state index contributed by atoms with van der Waals surface area (Å²) in [6.07, 6.45) is 2.37.